The van der Waals surface area contributed by atoms with Crippen molar-refractivity contribution >= 4 is 23.3 Å². The van der Waals surface area contributed by atoms with Crippen molar-refractivity contribution in [2.75, 3.05) is 44.2 Å². The lowest BCUT2D eigenvalue weighted by molar-refractivity contribution is -0.142. The van der Waals surface area contributed by atoms with Crippen LogP contribution >= 0.6 is 11.6 Å². The molecule has 0 spiro atoms. The van der Waals surface area contributed by atoms with Crippen LogP contribution in [0.5, 0.6) is 0 Å². The normalized spacial score (nSPS) is 21.9. The molecule has 2 heterocycles. The van der Waals surface area contributed by atoms with Crippen LogP contribution in [0.2, 0.25) is 5.02 Å². The Kier molecular flexibility index (Phi) is 4.06. The second kappa shape index (κ2) is 5.83. The molecule has 0 aromatic heterocycles. The maximum atomic E-state index is 11.1. The van der Waals surface area contributed by atoms with Crippen molar-refractivity contribution in [3.05, 3.63) is 29.3 Å². The molecule has 2 aliphatic rings. The van der Waals surface area contributed by atoms with E-state index in [1.165, 1.54) is 0 Å². The van der Waals surface area contributed by atoms with Crippen LogP contribution in [0.15, 0.2) is 24.3 Å². The Morgan fingerprint density at radius 3 is 2.52 bits per heavy atom. The van der Waals surface area contributed by atoms with E-state index in [1.54, 1.807) is 0 Å². The first-order valence-electron chi connectivity index (χ1n) is 7.27. The number of halogens is 1. The number of anilines is 1. The summed E-state index contributed by atoms with van der Waals surface area (Å²) < 4.78 is 0. The summed E-state index contributed by atoms with van der Waals surface area (Å²) in [4.78, 5) is 15.7. The molecule has 0 unspecified atom stereocenters. The first kappa shape index (κ1) is 14.6. The molecule has 0 bridgehead atoms. The van der Waals surface area contributed by atoms with Crippen LogP contribution < -0.4 is 10.2 Å². The SMILES string of the molecule is O=C(O)CC1(N2CCN(c3cccc(Cl)c3)CC2)CNC1. The van der Waals surface area contributed by atoms with Crippen LogP contribution in [0.1, 0.15) is 6.42 Å². The van der Waals surface area contributed by atoms with Crippen LogP contribution in [0, 0.1) is 0 Å². The molecule has 0 atom stereocenters. The van der Waals surface area contributed by atoms with E-state index in [4.69, 9.17) is 16.7 Å². The Balaban J connectivity index is 1.63. The number of rotatable bonds is 4. The number of hydrogen-bond donors (Lipinski definition) is 2. The highest BCUT2D eigenvalue weighted by Crippen LogP contribution is 2.28. The fourth-order valence-corrected chi connectivity index (χ4v) is 3.45. The third-order valence-electron chi connectivity index (χ3n) is 4.51. The molecule has 5 nitrogen and oxygen atoms in total. The summed E-state index contributed by atoms with van der Waals surface area (Å²) in [5.74, 6) is -0.714. The van der Waals surface area contributed by atoms with Gasteiger partial charge in [-0.1, -0.05) is 17.7 Å². The summed E-state index contributed by atoms with van der Waals surface area (Å²) in [6.07, 6.45) is 0.219. The molecule has 6 heteroatoms. The average molecular weight is 310 g/mol. The molecule has 0 radical (unpaired) electrons. The van der Waals surface area contributed by atoms with E-state index < -0.39 is 5.97 Å². The van der Waals surface area contributed by atoms with Gasteiger partial charge in [-0.2, -0.15) is 0 Å². The smallest absolute Gasteiger partial charge is 0.305 e. The van der Waals surface area contributed by atoms with Gasteiger partial charge >= 0.3 is 5.97 Å². The molecular formula is C15H20ClN3O2. The molecule has 2 aliphatic heterocycles. The summed E-state index contributed by atoms with van der Waals surface area (Å²) in [7, 11) is 0. The molecule has 3 rings (SSSR count). The monoisotopic (exact) mass is 309 g/mol. The Morgan fingerprint density at radius 2 is 2.00 bits per heavy atom. The minimum Gasteiger partial charge on any atom is -0.481 e. The number of nitrogens with one attached hydrogen (secondary N) is 1. The minimum absolute atomic E-state index is 0.188. The molecule has 1 aromatic rings. The molecule has 0 amide bonds. The topological polar surface area (TPSA) is 55.8 Å². The number of carboxylic acid groups (broad SMARTS) is 1. The quantitative estimate of drug-likeness (QED) is 0.877. The standard InChI is InChI=1S/C15H20ClN3O2/c16-12-2-1-3-13(8-12)18-4-6-19(7-5-18)15(9-14(20)21)10-17-11-15/h1-3,8,17H,4-7,9-11H2,(H,20,21). The molecular weight excluding hydrogens is 290 g/mol. The maximum Gasteiger partial charge on any atom is 0.305 e. The fraction of sp³-hybridized carbons (Fsp3) is 0.533. The number of benzene rings is 1. The van der Waals surface area contributed by atoms with E-state index in [0.29, 0.717) is 0 Å². The van der Waals surface area contributed by atoms with Gasteiger partial charge in [0.2, 0.25) is 0 Å². The van der Waals surface area contributed by atoms with Gasteiger partial charge in [0, 0.05) is 50.0 Å². The van der Waals surface area contributed by atoms with E-state index in [2.05, 4.69) is 21.2 Å². The average Bonchev–Trinajstić information content (AvgIpc) is 2.43. The zero-order valence-corrected chi connectivity index (χ0v) is 12.6. The Hall–Kier alpha value is -1.30. The highest BCUT2D eigenvalue weighted by atomic mass is 35.5. The Morgan fingerprint density at radius 1 is 1.29 bits per heavy atom. The third kappa shape index (κ3) is 3.00. The zero-order valence-electron chi connectivity index (χ0n) is 11.9. The fourth-order valence-electron chi connectivity index (χ4n) is 3.27. The Bertz CT molecular complexity index is 525. The van der Waals surface area contributed by atoms with Crippen molar-refractivity contribution < 1.29 is 9.90 Å². The largest absolute Gasteiger partial charge is 0.481 e. The molecule has 2 N–H and O–H groups in total. The van der Waals surface area contributed by atoms with Crippen LogP contribution in [-0.4, -0.2) is 60.8 Å². The lowest BCUT2D eigenvalue weighted by Gasteiger charge is -2.53. The van der Waals surface area contributed by atoms with Crippen LogP contribution in [0.3, 0.4) is 0 Å². The van der Waals surface area contributed by atoms with Gasteiger partial charge in [0.25, 0.3) is 0 Å². The molecule has 114 valence electrons. The van der Waals surface area contributed by atoms with Crippen molar-refractivity contribution in [2.45, 2.75) is 12.0 Å². The number of hydrogen-bond acceptors (Lipinski definition) is 4. The minimum atomic E-state index is -0.714. The van der Waals surface area contributed by atoms with E-state index >= 15 is 0 Å². The number of piperazine rings is 1. The highest BCUT2D eigenvalue weighted by molar-refractivity contribution is 6.30. The van der Waals surface area contributed by atoms with E-state index in [1.807, 2.05) is 18.2 Å². The van der Waals surface area contributed by atoms with Crippen molar-refractivity contribution in [2.24, 2.45) is 0 Å². The molecule has 0 aliphatic carbocycles. The van der Waals surface area contributed by atoms with Gasteiger partial charge in [-0.15, -0.1) is 0 Å². The second-order valence-corrected chi connectivity index (χ2v) is 6.29. The summed E-state index contributed by atoms with van der Waals surface area (Å²) in [6.45, 7) is 5.14. The third-order valence-corrected chi connectivity index (χ3v) is 4.75. The van der Waals surface area contributed by atoms with Crippen LogP contribution in [-0.2, 0) is 4.79 Å². The first-order valence-corrected chi connectivity index (χ1v) is 7.65. The van der Waals surface area contributed by atoms with Crippen molar-refractivity contribution in [1.29, 1.82) is 0 Å². The van der Waals surface area contributed by atoms with Gasteiger partial charge < -0.3 is 15.3 Å². The van der Waals surface area contributed by atoms with E-state index in [-0.39, 0.29) is 12.0 Å². The van der Waals surface area contributed by atoms with Crippen molar-refractivity contribution in [3.63, 3.8) is 0 Å². The highest BCUT2D eigenvalue weighted by Gasteiger charge is 2.45. The van der Waals surface area contributed by atoms with Crippen LogP contribution in [0.4, 0.5) is 5.69 Å². The number of carbonyl (C=O) groups is 1. The van der Waals surface area contributed by atoms with Gasteiger partial charge in [-0.3, -0.25) is 9.69 Å². The molecule has 0 saturated carbocycles. The van der Waals surface area contributed by atoms with Gasteiger partial charge in [0.05, 0.1) is 12.0 Å². The summed E-state index contributed by atoms with van der Waals surface area (Å²) >= 11 is 6.04. The predicted octanol–water partition coefficient (Wildman–Crippen LogP) is 1.28. The summed E-state index contributed by atoms with van der Waals surface area (Å²) in [5, 5.41) is 13.1. The van der Waals surface area contributed by atoms with Crippen LogP contribution in [0.25, 0.3) is 0 Å². The summed E-state index contributed by atoms with van der Waals surface area (Å²) in [5.41, 5.74) is 0.952. The molecule has 2 fully saturated rings. The van der Waals surface area contributed by atoms with Gasteiger partial charge in [-0.25, -0.2) is 0 Å². The second-order valence-electron chi connectivity index (χ2n) is 5.85. The maximum absolute atomic E-state index is 11.1. The van der Waals surface area contributed by atoms with E-state index in [9.17, 15) is 4.79 Å². The first-order chi connectivity index (χ1) is 10.1. The van der Waals surface area contributed by atoms with Gasteiger partial charge in [0.1, 0.15) is 0 Å². The molecule has 1 aromatic carbocycles. The van der Waals surface area contributed by atoms with E-state index in [0.717, 1.165) is 50.0 Å². The van der Waals surface area contributed by atoms with Crippen molar-refractivity contribution in [3.8, 4) is 0 Å². The zero-order chi connectivity index (χ0) is 14.9. The summed E-state index contributed by atoms with van der Waals surface area (Å²) in [6, 6.07) is 7.89. The number of aliphatic carboxylic acids is 1. The van der Waals surface area contributed by atoms with Gasteiger partial charge in [0.15, 0.2) is 0 Å². The lowest BCUT2D eigenvalue weighted by Crippen LogP contribution is -2.72. The number of nitrogens with zero attached hydrogens (tertiary/aromatic N) is 2. The number of carboxylic acids is 1. The van der Waals surface area contributed by atoms with Crippen molar-refractivity contribution in [1.82, 2.24) is 10.2 Å². The van der Waals surface area contributed by atoms with Gasteiger partial charge in [-0.05, 0) is 18.2 Å². The predicted molar refractivity (Wildman–Crippen MR) is 83.1 cm³/mol. The Labute approximate surface area is 129 Å². The molecule has 21 heavy (non-hydrogen) atoms. The molecule has 2 saturated heterocycles. The lowest BCUT2D eigenvalue weighted by atomic mass is 9.86.